The first-order chi connectivity index (χ1) is 9.25. The normalized spacial score (nSPS) is 25.9. The predicted octanol–water partition coefficient (Wildman–Crippen LogP) is 2.19. The maximum Gasteiger partial charge on any atom is 0.246 e. The lowest BCUT2D eigenvalue weighted by atomic mass is 10.1. The van der Waals surface area contributed by atoms with Crippen LogP contribution in [0.2, 0.25) is 5.02 Å². The second-order valence-corrected chi connectivity index (χ2v) is 7.45. The van der Waals surface area contributed by atoms with Crippen molar-refractivity contribution in [3.8, 4) is 0 Å². The van der Waals surface area contributed by atoms with Crippen molar-refractivity contribution in [2.45, 2.75) is 30.8 Å². The third kappa shape index (κ3) is 2.70. The lowest BCUT2D eigenvalue weighted by Crippen LogP contribution is -2.57. The van der Waals surface area contributed by atoms with Crippen molar-refractivity contribution in [3.63, 3.8) is 0 Å². The average molecular weight is 321 g/mol. The van der Waals surface area contributed by atoms with Crippen molar-refractivity contribution in [2.75, 3.05) is 20.1 Å². The second kappa shape index (κ2) is 5.60. The quantitative estimate of drug-likeness (QED) is 0.838. The summed E-state index contributed by atoms with van der Waals surface area (Å²) in [6.07, 6.45) is 0. The van der Waals surface area contributed by atoms with Crippen molar-refractivity contribution >= 4 is 21.6 Å². The predicted molar refractivity (Wildman–Crippen MR) is 76.9 cm³/mol. The summed E-state index contributed by atoms with van der Waals surface area (Å²) in [4.78, 5) is 1.78. The number of nitrogens with zero attached hydrogens (tertiary/aromatic N) is 2. The first-order valence-corrected chi connectivity index (χ1v) is 8.24. The SMILES string of the molecule is C[C@H]1[C@H](C)N(S(=O)(=O)c2ccc(Cl)cc2F)CCN1C. The van der Waals surface area contributed by atoms with Crippen molar-refractivity contribution < 1.29 is 12.8 Å². The number of hydrogen-bond acceptors (Lipinski definition) is 3. The van der Waals surface area contributed by atoms with Gasteiger partial charge in [0.25, 0.3) is 0 Å². The van der Waals surface area contributed by atoms with Crippen LogP contribution in [0.3, 0.4) is 0 Å². The van der Waals surface area contributed by atoms with Gasteiger partial charge in [-0.2, -0.15) is 4.31 Å². The monoisotopic (exact) mass is 320 g/mol. The van der Waals surface area contributed by atoms with Crippen molar-refractivity contribution in [1.82, 2.24) is 9.21 Å². The summed E-state index contributed by atoms with van der Waals surface area (Å²) in [7, 11) is -1.89. The minimum Gasteiger partial charge on any atom is -0.301 e. The number of piperazine rings is 1. The molecule has 2 rings (SSSR count). The van der Waals surface area contributed by atoms with Gasteiger partial charge in [0.1, 0.15) is 10.7 Å². The summed E-state index contributed by atoms with van der Waals surface area (Å²) < 4.78 is 40.5. The van der Waals surface area contributed by atoms with Gasteiger partial charge in [-0.15, -0.1) is 0 Å². The third-order valence-corrected chi connectivity index (χ3v) is 6.26. The summed E-state index contributed by atoms with van der Waals surface area (Å²) in [6.45, 7) is 4.78. The van der Waals surface area contributed by atoms with E-state index in [1.54, 1.807) is 0 Å². The molecule has 112 valence electrons. The van der Waals surface area contributed by atoms with E-state index in [9.17, 15) is 12.8 Å². The molecular formula is C13H18ClFN2O2S. The highest BCUT2D eigenvalue weighted by molar-refractivity contribution is 7.89. The summed E-state index contributed by atoms with van der Waals surface area (Å²) >= 11 is 5.67. The molecule has 7 heteroatoms. The van der Waals surface area contributed by atoms with Gasteiger partial charge in [-0.3, -0.25) is 0 Å². The Morgan fingerprint density at radius 3 is 2.50 bits per heavy atom. The second-order valence-electron chi connectivity index (χ2n) is 5.15. The number of sulfonamides is 1. The van der Waals surface area contributed by atoms with Gasteiger partial charge < -0.3 is 4.90 Å². The molecule has 0 N–H and O–H groups in total. The smallest absolute Gasteiger partial charge is 0.246 e. The van der Waals surface area contributed by atoms with Crippen molar-refractivity contribution in [3.05, 3.63) is 29.0 Å². The van der Waals surface area contributed by atoms with Gasteiger partial charge in [-0.25, -0.2) is 12.8 Å². The first-order valence-electron chi connectivity index (χ1n) is 6.42. The van der Waals surface area contributed by atoms with E-state index in [0.29, 0.717) is 13.1 Å². The van der Waals surface area contributed by atoms with Crippen LogP contribution in [-0.4, -0.2) is 49.8 Å². The Balaban J connectivity index is 2.40. The highest BCUT2D eigenvalue weighted by Crippen LogP contribution is 2.27. The summed E-state index contributed by atoms with van der Waals surface area (Å²) in [5, 5.41) is 0.182. The van der Waals surface area contributed by atoms with Crippen LogP contribution in [0.5, 0.6) is 0 Å². The maximum absolute atomic E-state index is 13.9. The van der Waals surface area contributed by atoms with Crippen molar-refractivity contribution in [1.29, 1.82) is 0 Å². The zero-order valence-electron chi connectivity index (χ0n) is 11.7. The number of likely N-dealkylation sites (N-methyl/N-ethyl adjacent to an activating group) is 1. The molecule has 0 unspecified atom stereocenters. The van der Waals surface area contributed by atoms with Crippen LogP contribution >= 0.6 is 11.6 Å². The summed E-state index contributed by atoms with van der Waals surface area (Å²) in [6, 6.07) is 3.51. The number of halogens is 2. The van der Waals surface area contributed by atoms with Gasteiger partial charge in [-0.1, -0.05) is 11.6 Å². The highest BCUT2D eigenvalue weighted by Gasteiger charge is 2.37. The molecule has 1 fully saturated rings. The fraction of sp³-hybridized carbons (Fsp3) is 0.538. The molecule has 1 heterocycles. The molecule has 1 saturated heterocycles. The average Bonchev–Trinajstić information content (AvgIpc) is 2.35. The molecule has 20 heavy (non-hydrogen) atoms. The van der Waals surface area contributed by atoms with E-state index >= 15 is 0 Å². The molecule has 0 radical (unpaired) electrons. The number of rotatable bonds is 2. The molecule has 2 atom stereocenters. The van der Waals surface area contributed by atoms with Crippen LogP contribution in [0.1, 0.15) is 13.8 Å². The van der Waals surface area contributed by atoms with Gasteiger partial charge in [0, 0.05) is 30.2 Å². The Bertz CT molecular complexity index is 608. The minimum absolute atomic E-state index is 0.0777. The van der Waals surface area contributed by atoms with E-state index in [2.05, 4.69) is 4.90 Å². The molecule has 0 aromatic heterocycles. The van der Waals surface area contributed by atoms with Crippen LogP contribution in [0.25, 0.3) is 0 Å². The van der Waals surface area contributed by atoms with Gasteiger partial charge >= 0.3 is 0 Å². The maximum atomic E-state index is 13.9. The van der Waals surface area contributed by atoms with Gasteiger partial charge in [0.2, 0.25) is 10.0 Å². The zero-order valence-corrected chi connectivity index (χ0v) is 13.2. The van der Waals surface area contributed by atoms with Gasteiger partial charge in [0.05, 0.1) is 0 Å². The Kier molecular flexibility index (Phi) is 4.39. The number of hydrogen-bond donors (Lipinski definition) is 0. The van der Waals surface area contributed by atoms with E-state index in [0.717, 1.165) is 6.07 Å². The van der Waals surface area contributed by atoms with Crippen LogP contribution < -0.4 is 0 Å². The molecule has 0 amide bonds. The lowest BCUT2D eigenvalue weighted by molar-refractivity contribution is 0.109. The lowest BCUT2D eigenvalue weighted by Gasteiger charge is -2.42. The standard InChI is InChI=1S/C13H18ClFN2O2S/c1-9-10(2)17(7-6-16(9)3)20(18,19)13-5-4-11(14)8-12(13)15/h4-5,8-10H,6-7H2,1-3H3/t9-,10-/m0/s1. The molecule has 1 aromatic rings. The number of benzene rings is 1. The highest BCUT2D eigenvalue weighted by atomic mass is 35.5. The molecule has 4 nitrogen and oxygen atoms in total. The third-order valence-electron chi connectivity index (χ3n) is 4.00. The molecule has 0 aliphatic carbocycles. The Labute approximate surface area is 124 Å². The van der Waals surface area contributed by atoms with E-state index in [4.69, 9.17) is 11.6 Å². The van der Waals surface area contributed by atoms with Crippen LogP contribution in [0.15, 0.2) is 23.1 Å². The topological polar surface area (TPSA) is 40.6 Å². The molecule has 1 aliphatic rings. The molecule has 1 aromatic carbocycles. The Morgan fingerprint density at radius 1 is 1.25 bits per heavy atom. The molecular weight excluding hydrogens is 303 g/mol. The van der Waals surface area contributed by atoms with E-state index in [1.165, 1.54) is 16.4 Å². The van der Waals surface area contributed by atoms with E-state index < -0.39 is 15.8 Å². The fourth-order valence-corrected chi connectivity index (χ4v) is 4.32. The summed E-state index contributed by atoms with van der Waals surface area (Å²) in [5.41, 5.74) is 0. The fourth-order valence-electron chi connectivity index (χ4n) is 2.42. The molecule has 1 aliphatic heterocycles. The van der Waals surface area contributed by atoms with E-state index in [1.807, 2.05) is 20.9 Å². The molecule has 0 spiro atoms. The van der Waals surface area contributed by atoms with E-state index in [-0.39, 0.29) is 22.0 Å². The Hall–Kier alpha value is -0.690. The molecule has 0 bridgehead atoms. The van der Waals surface area contributed by atoms with Crippen molar-refractivity contribution in [2.24, 2.45) is 0 Å². The first kappa shape index (κ1) is 15.7. The van der Waals surface area contributed by atoms with Gasteiger partial charge in [-0.05, 0) is 39.1 Å². The van der Waals surface area contributed by atoms with Crippen LogP contribution in [-0.2, 0) is 10.0 Å². The van der Waals surface area contributed by atoms with Crippen LogP contribution in [0.4, 0.5) is 4.39 Å². The Morgan fingerprint density at radius 2 is 1.90 bits per heavy atom. The largest absolute Gasteiger partial charge is 0.301 e. The van der Waals surface area contributed by atoms with Gasteiger partial charge in [0.15, 0.2) is 0 Å². The minimum atomic E-state index is -3.84. The molecule has 0 saturated carbocycles. The zero-order chi connectivity index (χ0) is 15.1. The van der Waals surface area contributed by atoms with Crippen LogP contribution in [0, 0.1) is 5.82 Å². The summed E-state index contributed by atoms with van der Waals surface area (Å²) in [5.74, 6) is -0.809.